The van der Waals surface area contributed by atoms with Gasteiger partial charge in [0.2, 0.25) is 15.9 Å². The van der Waals surface area contributed by atoms with E-state index in [1.165, 1.54) is 47.8 Å². The van der Waals surface area contributed by atoms with E-state index in [0.29, 0.717) is 30.2 Å². The predicted molar refractivity (Wildman–Crippen MR) is 114 cm³/mol. The Morgan fingerprint density at radius 3 is 2.37 bits per heavy atom. The minimum absolute atomic E-state index is 0.110. The van der Waals surface area contributed by atoms with Gasteiger partial charge in [0.15, 0.2) is 0 Å². The fourth-order valence-electron chi connectivity index (χ4n) is 3.33. The molecule has 0 unspecified atom stereocenters. The van der Waals surface area contributed by atoms with E-state index in [9.17, 15) is 17.6 Å². The number of ether oxygens (including phenoxy) is 1. The normalized spacial score (nSPS) is 15.3. The lowest BCUT2D eigenvalue weighted by Gasteiger charge is -2.21. The van der Waals surface area contributed by atoms with Crippen LogP contribution in [0.15, 0.2) is 47.4 Å². The van der Waals surface area contributed by atoms with Gasteiger partial charge in [0.05, 0.1) is 24.2 Å². The number of anilines is 2. The number of carbonyl (C=O) groups is 1. The number of nitrogens with one attached hydrogen (secondary N) is 2. The van der Waals surface area contributed by atoms with Crippen molar-refractivity contribution >= 4 is 27.3 Å². The summed E-state index contributed by atoms with van der Waals surface area (Å²) >= 11 is 0. The molecule has 0 atom stereocenters. The summed E-state index contributed by atoms with van der Waals surface area (Å²) in [6, 6.07) is 10.0. The Morgan fingerprint density at radius 1 is 1.07 bits per heavy atom. The van der Waals surface area contributed by atoms with E-state index in [4.69, 9.17) is 4.74 Å². The van der Waals surface area contributed by atoms with Gasteiger partial charge >= 0.3 is 0 Å². The van der Waals surface area contributed by atoms with Gasteiger partial charge in [-0.05, 0) is 55.3 Å². The van der Waals surface area contributed by atoms with Crippen molar-refractivity contribution in [3.63, 3.8) is 0 Å². The zero-order chi connectivity index (χ0) is 21.6. The summed E-state index contributed by atoms with van der Waals surface area (Å²) in [6.07, 6.45) is 3.77. The largest absolute Gasteiger partial charge is 0.495 e. The second kappa shape index (κ2) is 9.90. The van der Waals surface area contributed by atoms with Crippen LogP contribution in [0.5, 0.6) is 5.75 Å². The molecule has 1 saturated heterocycles. The SMILES string of the molecule is COc1ccc(S(=O)(=O)N2CCCCCC2)cc1NCC(=O)Nc1ccc(F)cc1. The van der Waals surface area contributed by atoms with Gasteiger partial charge in [-0.15, -0.1) is 0 Å². The van der Waals surface area contributed by atoms with E-state index in [-0.39, 0.29) is 17.3 Å². The lowest BCUT2D eigenvalue weighted by molar-refractivity contribution is -0.114. The Labute approximate surface area is 176 Å². The van der Waals surface area contributed by atoms with Crippen molar-refractivity contribution in [1.82, 2.24) is 4.31 Å². The standard InChI is InChI=1S/C21H26FN3O4S/c1-29-20-11-10-18(30(27,28)25-12-4-2-3-5-13-25)14-19(20)23-15-21(26)24-17-8-6-16(22)7-9-17/h6-11,14,23H,2-5,12-13,15H2,1H3,(H,24,26). The van der Waals surface area contributed by atoms with Gasteiger partial charge in [0, 0.05) is 18.8 Å². The number of rotatable bonds is 7. The number of nitrogens with zero attached hydrogens (tertiary/aromatic N) is 1. The third-order valence-corrected chi connectivity index (χ3v) is 6.84. The summed E-state index contributed by atoms with van der Waals surface area (Å²) in [7, 11) is -2.15. The second-order valence-corrected chi connectivity index (χ2v) is 9.03. The minimum Gasteiger partial charge on any atom is -0.495 e. The van der Waals surface area contributed by atoms with Crippen LogP contribution in [-0.2, 0) is 14.8 Å². The molecule has 30 heavy (non-hydrogen) atoms. The number of methoxy groups -OCH3 is 1. The molecule has 1 aliphatic heterocycles. The molecule has 0 bridgehead atoms. The highest BCUT2D eigenvalue weighted by atomic mass is 32.2. The molecule has 1 heterocycles. The first-order valence-corrected chi connectivity index (χ1v) is 11.3. The number of carbonyl (C=O) groups excluding carboxylic acids is 1. The molecule has 2 aromatic rings. The quantitative estimate of drug-likeness (QED) is 0.696. The minimum atomic E-state index is -3.62. The van der Waals surface area contributed by atoms with E-state index >= 15 is 0 Å². The van der Waals surface area contributed by atoms with Gasteiger partial charge in [0.1, 0.15) is 11.6 Å². The summed E-state index contributed by atoms with van der Waals surface area (Å²) in [6.45, 7) is 0.912. The fraction of sp³-hybridized carbons (Fsp3) is 0.381. The molecule has 162 valence electrons. The highest BCUT2D eigenvalue weighted by Gasteiger charge is 2.26. The first kappa shape index (κ1) is 22.0. The number of benzene rings is 2. The van der Waals surface area contributed by atoms with E-state index in [2.05, 4.69) is 10.6 Å². The molecular weight excluding hydrogens is 409 g/mol. The lowest BCUT2D eigenvalue weighted by atomic mass is 10.2. The molecule has 3 rings (SSSR count). The van der Waals surface area contributed by atoms with Crippen LogP contribution in [-0.4, -0.2) is 45.4 Å². The Balaban J connectivity index is 1.72. The summed E-state index contributed by atoms with van der Waals surface area (Å²) < 4.78 is 45.9. The Bertz CT molecular complexity index is 972. The number of hydrogen-bond acceptors (Lipinski definition) is 5. The van der Waals surface area contributed by atoms with Crippen molar-refractivity contribution in [2.75, 3.05) is 37.4 Å². The molecular formula is C21H26FN3O4S. The van der Waals surface area contributed by atoms with Crippen LogP contribution < -0.4 is 15.4 Å². The van der Waals surface area contributed by atoms with Gasteiger partial charge in [-0.1, -0.05) is 12.8 Å². The van der Waals surface area contributed by atoms with Crippen LogP contribution in [0, 0.1) is 5.82 Å². The fourth-order valence-corrected chi connectivity index (χ4v) is 4.87. The molecule has 9 heteroatoms. The van der Waals surface area contributed by atoms with Crippen LogP contribution in [0.4, 0.5) is 15.8 Å². The zero-order valence-electron chi connectivity index (χ0n) is 16.9. The van der Waals surface area contributed by atoms with Crippen molar-refractivity contribution in [2.45, 2.75) is 30.6 Å². The van der Waals surface area contributed by atoms with Crippen molar-refractivity contribution in [3.05, 3.63) is 48.3 Å². The summed E-state index contributed by atoms with van der Waals surface area (Å²) in [5, 5.41) is 5.57. The second-order valence-electron chi connectivity index (χ2n) is 7.09. The van der Waals surface area contributed by atoms with E-state index in [0.717, 1.165) is 25.7 Å². The third-order valence-electron chi connectivity index (χ3n) is 4.94. The Kier molecular flexibility index (Phi) is 7.28. The van der Waals surface area contributed by atoms with E-state index in [1.54, 1.807) is 6.07 Å². The molecule has 0 saturated carbocycles. The first-order valence-electron chi connectivity index (χ1n) is 9.87. The molecule has 0 spiro atoms. The topological polar surface area (TPSA) is 87.7 Å². The highest BCUT2D eigenvalue weighted by Crippen LogP contribution is 2.29. The monoisotopic (exact) mass is 435 g/mol. The van der Waals surface area contributed by atoms with Crippen LogP contribution in [0.2, 0.25) is 0 Å². The predicted octanol–water partition coefficient (Wildman–Crippen LogP) is 3.45. The highest BCUT2D eigenvalue weighted by molar-refractivity contribution is 7.89. The van der Waals surface area contributed by atoms with Gasteiger partial charge in [-0.3, -0.25) is 4.79 Å². The van der Waals surface area contributed by atoms with Crippen molar-refractivity contribution in [2.24, 2.45) is 0 Å². The maximum Gasteiger partial charge on any atom is 0.243 e. The molecule has 2 N–H and O–H groups in total. The average Bonchev–Trinajstić information content (AvgIpc) is 3.04. The number of amides is 1. The molecule has 0 radical (unpaired) electrons. The maximum absolute atomic E-state index is 13.0. The Morgan fingerprint density at radius 2 is 1.73 bits per heavy atom. The lowest BCUT2D eigenvalue weighted by Crippen LogP contribution is -2.32. The van der Waals surface area contributed by atoms with Crippen LogP contribution >= 0.6 is 0 Å². The Hall–Kier alpha value is -2.65. The van der Waals surface area contributed by atoms with Crippen molar-refractivity contribution < 1.29 is 22.3 Å². The van der Waals surface area contributed by atoms with Gasteiger partial charge in [0.25, 0.3) is 0 Å². The van der Waals surface area contributed by atoms with Crippen LogP contribution in [0.3, 0.4) is 0 Å². The molecule has 1 fully saturated rings. The molecule has 0 aromatic heterocycles. The first-order chi connectivity index (χ1) is 14.4. The summed E-state index contributed by atoms with van der Waals surface area (Å²) in [5.41, 5.74) is 0.871. The summed E-state index contributed by atoms with van der Waals surface area (Å²) in [4.78, 5) is 12.4. The number of hydrogen-bond donors (Lipinski definition) is 2. The smallest absolute Gasteiger partial charge is 0.243 e. The molecule has 7 nitrogen and oxygen atoms in total. The summed E-state index contributed by atoms with van der Waals surface area (Å²) in [5.74, 6) is -0.317. The van der Waals surface area contributed by atoms with Crippen LogP contribution in [0.1, 0.15) is 25.7 Å². The van der Waals surface area contributed by atoms with E-state index in [1.807, 2.05) is 0 Å². The van der Waals surface area contributed by atoms with E-state index < -0.39 is 15.8 Å². The number of halogens is 1. The molecule has 2 aromatic carbocycles. The van der Waals surface area contributed by atoms with Crippen molar-refractivity contribution in [3.8, 4) is 5.75 Å². The van der Waals surface area contributed by atoms with Gasteiger partial charge in [-0.2, -0.15) is 4.31 Å². The van der Waals surface area contributed by atoms with Crippen LogP contribution in [0.25, 0.3) is 0 Å². The number of sulfonamides is 1. The molecule has 0 aliphatic carbocycles. The van der Waals surface area contributed by atoms with Crippen molar-refractivity contribution in [1.29, 1.82) is 0 Å². The zero-order valence-corrected chi connectivity index (χ0v) is 17.7. The van der Waals surface area contributed by atoms with Gasteiger partial charge in [-0.25, -0.2) is 12.8 Å². The maximum atomic E-state index is 13.0. The third kappa shape index (κ3) is 5.48. The average molecular weight is 436 g/mol. The molecule has 1 aliphatic rings. The van der Waals surface area contributed by atoms with Gasteiger partial charge < -0.3 is 15.4 Å². The molecule has 1 amide bonds.